The van der Waals surface area contributed by atoms with Crippen LogP contribution in [0.5, 0.6) is 0 Å². The summed E-state index contributed by atoms with van der Waals surface area (Å²) < 4.78 is 0. The number of halogens is 1. The first-order valence-corrected chi connectivity index (χ1v) is 6.38. The molecule has 1 heterocycles. The van der Waals surface area contributed by atoms with E-state index >= 15 is 0 Å². The molecule has 1 aliphatic heterocycles. The highest BCUT2D eigenvalue weighted by molar-refractivity contribution is 7.99. The van der Waals surface area contributed by atoms with Crippen molar-refractivity contribution in [2.75, 3.05) is 23.9 Å². The number of carbonyl (C=O) groups is 1. The van der Waals surface area contributed by atoms with Gasteiger partial charge in [-0.3, -0.25) is 4.79 Å². The normalized spacial score (nSPS) is 23.2. The molecule has 2 nitrogen and oxygen atoms in total. The van der Waals surface area contributed by atoms with Crippen molar-refractivity contribution in [1.29, 1.82) is 0 Å². The molecule has 13 heavy (non-hydrogen) atoms. The van der Waals surface area contributed by atoms with E-state index < -0.39 is 0 Å². The minimum Gasteiger partial charge on any atom is -0.338 e. The predicted octanol–water partition coefficient (Wildman–Crippen LogP) is 1.97. The largest absolute Gasteiger partial charge is 0.338 e. The Morgan fingerprint density at radius 1 is 1.69 bits per heavy atom. The lowest BCUT2D eigenvalue weighted by Crippen LogP contribution is -2.44. The maximum atomic E-state index is 11.6. The van der Waals surface area contributed by atoms with Gasteiger partial charge < -0.3 is 4.90 Å². The monoisotopic (exact) mass is 221 g/mol. The van der Waals surface area contributed by atoms with Gasteiger partial charge in [0, 0.05) is 36.4 Å². The third-order valence-corrected chi connectivity index (χ3v) is 3.67. The standard InChI is InChI=1S/C9H16ClNOS/c1-8-7-13-6-5-11(8)9(12)3-2-4-10/h8H,2-7H2,1H3. The second-order valence-electron chi connectivity index (χ2n) is 3.30. The van der Waals surface area contributed by atoms with Gasteiger partial charge in [-0.25, -0.2) is 0 Å². The second-order valence-corrected chi connectivity index (χ2v) is 4.83. The molecular weight excluding hydrogens is 206 g/mol. The number of hydrogen-bond acceptors (Lipinski definition) is 2. The lowest BCUT2D eigenvalue weighted by molar-refractivity contribution is -0.132. The molecule has 0 saturated carbocycles. The SMILES string of the molecule is CC1CSCCN1C(=O)CCCCl. The molecule has 0 radical (unpaired) electrons. The third kappa shape index (κ3) is 3.39. The Kier molecular flexibility index (Phi) is 4.96. The predicted molar refractivity (Wildman–Crippen MR) is 58.5 cm³/mol. The van der Waals surface area contributed by atoms with Crippen molar-refractivity contribution in [3.63, 3.8) is 0 Å². The molecule has 0 aliphatic carbocycles. The molecule has 1 aliphatic rings. The average Bonchev–Trinajstić information content (AvgIpc) is 2.15. The fourth-order valence-corrected chi connectivity index (χ4v) is 2.61. The van der Waals surface area contributed by atoms with Gasteiger partial charge in [0.2, 0.25) is 5.91 Å². The van der Waals surface area contributed by atoms with Crippen LogP contribution < -0.4 is 0 Å². The fraction of sp³-hybridized carbons (Fsp3) is 0.889. The zero-order valence-electron chi connectivity index (χ0n) is 7.96. The van der Waals surface area contributed by atoms with Crippen LogP contribution in [-0.4, -0.2) is 40.8 Å². The van der Waals surface area contributed by atoms with Crippen molar-refractivity contribution in [2.45, 2.75) is 25.8 Å². The molecule has 0 spiro atoms. The van der Waals surface area contributed by atoms with Gasteiger partial charge in [0.25, 0.3) is 0 Å². The van der Waals surface area contributed by atoms with Crippen molar-refractivity contribution in [2.24, 2.45) is 0 Å². The summed E-state index contributed by atoms with van der Waals surface area (Å²) in [4.78, 5) is 13.6. The van der Waals surface area contributed by atoms with E-state index in [1.165, 1.54) is 0 Å². The molecule has 0 aromatic carbocycles. The molecule has 1 fully saturated rings. The van der Waals surface area contributed by atoms with Gasteiger partial charge in [0.1, 0.15) is 0 Å². The van der Waals surface area contributed by atoms with E-state index in [0.29, 0.717) is 18.3 Å². The molecule has 0 aromatic rings. The lowest BCUT2D eigenvalue weighted by Gasteiger charge is -2.33. The number of alkyl halides is 1. The van der Waals surface area contributed by atoms with Gasteiger partial charge >= 0.3 is 0 Å². The van der Waals surface area contributed by atoms with E-state index in [4.69, 9.17) is 11.6 Å². The van der Waals surface area contributed by atoms with E-state index in [-0.39, 0.29) is 5.91 Å². The molecule has 76 valence electrons. The maximum absolute atomic E-state index is 11.6. The Labute approximate surface area is 89.0 Å². The highest BCUT2D eigenvalue weighted by atomic mass is 35.5. The van der Waals surface area contributed by atoms with Gasteiger partial charge in [-0.05, 0) is 13.3 Å². The average molecular weight is 222 g/mol. The van der Waals surface area contributed by atoms with E-state index in [1.807, 2.05) is 16.7 Å². The van der Waals surface area contributed by atoms with E-state index in [1.54, 1.807) is 0 Å². The number of hydrogen-bond donors (Lipinski definition) is 0. The van der Waals surface area contributed by atoms with Gasteiger partial charge in [-0.2, -0.15) is 11.8 Å². The molecule has 4 heteroatoms. The van der Waals surface area contributed by atoms with Gasteiger partial charge in [-0.15, -0.1) is 11.6 Å². The van der Waals surface area contributed by atoms with Crippen LogP contribution in [0.15, 0.2) is 0 Å². The van der Waals surface area contributed by atoms with Crippen LogP contribution in [0.3, 0.4) is 0 Å². The maximum Gasteiger partial charge on any atom is 0.222 e. The van der Waals surface area contributed by atoms with Crippen LogP contribution in [0.1, 0.15) is 19.8 Å². The zero-order chi connectivity index (χ0) is 9.68. The molecule has 0 N–H and O–H groups in total. The number of rotatable bonds is 3. The van der Waals surface area contributed by atoms with E-state index in [9.17, 15) is 4.79 Å². The van der Waals surface area contributed by atoms with E-state index in [0.717, 1.165) is 24.5 Å². The molecule has 1 saturated heterocycles. The lowest BCUT2D eigenvalue weighted by atomic mass is 10.2. The van der Waals surface area contributed by atoms with Crippen LogP contribution in [0.25, 0.3) is 0 Å². The Morgan fingerprint density at radius 3 is 3.08 bits per heavy atom. The molecule has 0 aromatic heterocycles. The zero-order valence-corrected chi connectivity index (χ0v) is 9.53. The summed E-state index contributed by atoms with van der Waals surface area (Å²) in [5, 5.41) is 0. The van der Waals surface area contributed by atoms with Gasteiger partial charge in [-0.1, -0.05) is 0 Å². The molecular formula is C9H16ClNOS. The summed E-state index contributed by atoms with van der Waals surface area (Å²) >= 11 is 7.47. The Bertz CT molecular complexity index is 177. The van der Waals surface area contributed by atoms with Crippen LogP contribution in [0.2, 0.25) is 0 Å². The minimum absolute atomic E-state index is 0.272. The summed E-state index contributed by atoms with van der Waals surface area (Å²) in [7, 11) is 0. The topological polar surface area (TPSA) is 20.3 Å². The van der Waals surface area contributed by atoms with Crippen molar-refractivity contribution >= 4 is 29.3 Å². The third-order valence-electron chi connectivity index (χ3n) is 2.21. The Balaban J connectivity index is 2.35. The quantitative estimate of drug-likeness (QED) is 0.680. The minimum atomic E-state index is 0.272. The smallest absolute Gasteiger partial charge is 0.222 e. The second kappa shape index (κ2) is 5.76. The Morgan fingerprint density at radius 2 is 2.46 bits per heavy atom. The summed E-state index contributed by atoms with van der Waals surface area (Å²) in [5.74, 6) is 3.01. The number of thioether (sulfide) groups is 1. The van der Waals surface area contributed by atoms with Crippen molar-refractivity contribution < 1.29 is 4.79 Å². The molecule has 1 rings (SSSR count). The van der Waals surface area contributed by atoms with Crippen LogP contribution in [0, 0.1) is 0 Å². The molecule has 1 amide bonds. The highest BCUT2D eigenvalue weighted by Gasteiger charge is 2.22. The van der Waals surface area contributed by atoms with Gasteiger partial charge in [0.15, 0.2) is 0 Å². The van der Waals surface area contributed by atoms with E-state index in [2.05, 4.69) is 6.92 Å². The van der Waals surface area contributed by atoms with Crippen molar-refractivity contribution in [3.05, 3.63) is 0 Å². The number of nitrogens with zero attached hydrogens (tertiary/aromatic N) is 1. The molecule has 0 bridgehead atoms. The summed E-state index contributed by atoms with van der Waals surface area (Å²) in [5.41, 5.74) is 0. The van der Waals surface area contributed by atoms with Crippen LogP contribution >= 0.6 is 23.4 Å². The Hall–Kier alpha value is 0.110. The van der Waals surface area contributed by atoms with Crippen molar-refractivity contribution in [1.82, 2.24) is 4.90 Å². The summed E-state index contributed by atoms with van der Waals surface area (Å²) in [6, 6.07) is 0.404. The summed E-state index contributed by atoms with van der Waals surface area (Å²) in [6.07, 6.45) is 1.41. The molecule has 1 unspecified atom stereocenters. The number of amides is 1. The fourth-order valence-electron chi connectivity index (χ4n) is 1.46. The highest BCUT2D eigenvalue weighted by Crippen LogP contribution is 2.17. The number of carbonyl (C=O) groups excluding carboxylic acids is 1. The first kappa shape index (κ1) is 11.2. The first-order chi connectivity index (χ1) is 6.25. The first-order valence-electron chi connectivity index (χ1n) is 4.69. The van der Waals surface area contributed by atoms with Crippen LogP contribution in [0.4, 0.5) is 0 Å². The van der Waals surface area contributed by atoms with Crippen LogP contribution in [-0.2, 0) is 4.79 Å². The van der Waals surface area contributed by atoms with Crippen molar-refractivity contribution in [3.8, 4) is 0 Å². The van der Waals surface area contributed by atoms with Gasteiger partial charge in [0.05, 0.1) is 0 Å². The summed E-state index contributed by atoms with van der Waals surface area (Å²) in [6.45, 7) is 3.03. The molecule has 1 atom stereocenters.